The van der Waals surface area contributed by atoms with Crippen molar-refractivity contribution in [2.45, 2.75) is 6.92 Å². The maximum absolute atomic E-state index is 6.10. The van der Waals surface area contributed by atoms with E-state index < -0.39 is 0 Å². The van der Waals surface area contributed by atoms with Crippen molar-refractivity contribution >= 4 is 93.1 Å². The van der Waals surface area contributed by atoms with Crippen molar-refractivity contribution in [1.29, 1.82) is 0 Å². The van der Waals surface area contributed by atoms with Gasteiger partial charge in [-0.3, -0.25) is 0 Å². The van der Waals surface area contributed by atoms with Gasteiger partial charge in [-0.05, 0) is 0 Å². The Kier molecular flexibility index (Phi) is 10.4. The molecule has 0 radical (unpaired) electrons. The SMILES string of the molecule is CCOCC([Se]c1ccc(Cl)cc1)=C([Se]c1ccc(Cl)cc1)[Se]c1ccc(Cl)cc1. The van der Waals surface area contributed by atoms with Crippen LogP contribution in [0.15, 0.2) is 80.6 Å². The van der Waals surface area contributed by atoms with Gasteiger partial charge in [0.25, 0.3) is 0 Å². The number of hydrogen-bond acceptors (Lipinski definition) is 1. The molecular formula is C23H19Cl3OSe3. The molecule has 7 heteroatoms. The third-order valence-electron chi connectivity index (χ3n) is 3.77. The third kappa shape index (κ3) is 8.04. The molecule has 0 fully saturated rings. The molecule has 3 rings (SSSR count). The summed E-state index contributed by atoms with van der Waals surface area (Å²) >= 11 is 18.9. The summed E-state index contributed by atoms with van der Waals surface area (Å²) in [6.07, 6.45) is 0. The molecule has 0 spiro atoms. The molecule has 0 aromatic heterocycles. The van der Waals surface area contributed by atoms with Gasteiger partial charge in [0.2, 0.25) is 0 Å². The Hall–Kier alpha value is -0.212. The van der Waals surface area contributed by atoms with Gasteiger partial charge in [0.1, 0.15) is 0 Å². The van der Waals surface area contributed by atoms with E-state index in [4.69, 9.17) is 39.5 Å². The van der Waals surface area contributed by atoms with Crippen molar-refractivity contribution in [1.82, 2.24) is 0 Å². The standard InChI is InChI=1S/C23H19Cl3OSe3/c1-2-27-15-22(28-19-9-3-16(24)4-10-19)23(29-20-11-5-17(25)6-12-20)30-21-13-7-18(26)8-14-21/h3-14H,2,15H2,1H3. The third-order valence-corrected chi connectivity index (χ3v) is 13.9. The molecule has 156 valence electrons. The average Bonchev–Trinajstić information content (AvgIpc) is 2.75. The Morgan fingerprint density at radius 1 is 0.633 bits per heavy atom. The summed E-state index contributed by atoms with van der Waals surface area (Å²) in [5, 5.41) is 2.30. The van der Waals surface area contributed by atoms with E-state index >= 15 is 0 Å². The van der Waals surface area contributed by atoms with Crippen LogP contribution in [0.3, 0.4) is 0 Å². The van der Waals surface area contributed by atoms with Gasteiger partial charge >= 0.3 is 214 Å². The van der Waals surface area contributed by atoms with E-state index in [1.165, 1.54) is 21.2 Å². The van der Waals surface area contributed by atoms with Gasteiger partial charge in [0, 0.05) is 0 Å². The minimum absolute atomic E-state index is 0.178. The van der Waals surface area contributed by atoms with Crippen LogP contribution in [0.1, 0.15) is 6.92 Å². The summed E-state index contributed by atoms with van der Waals surface area (Å²) in [4.78, 5) is 0. The summed E-state index contributed by atoms with van der Waals surface area (Å²) < 4.78 is 12.8. The number of benzene rings is 3. The predicted octanol–water partition coefficient (Wildman–Crippen LogP) is 4.24. The Morgan fingerprint density at radius 3 is 1.37 bits per heavy atom. The molecule has 0 heterocycles. The van der Waals surface area contributed by atoms with E-state index in [1.807, 2.05) is 43.3 Å². The summed E-state index contributed by atoms with van der Waals surface area (Å²) in [5.41, 5.74) is 0. The summed E-state index contributed by atoms with van der Waals surface area (Å²) in [6.45, 7) is 3.41. The second-order valence-corrected chi connectivity index (χ2v) is 15.6. The molecule has 0 aliphatic carbocycles. The first-order valence-electron chi connectivity index (χ1n) is 9.14. The van der Waals surface area contributed by atoms with Crippen LogP contribution in [0.4, 0.5) is 0 Å². The van der Waals surface area contributed by atoms with Gasteiger partial charge in [0.15, 0.2) is 0 Å². The summed E-state index contributed by atoms with van der Waals surface area (Å²) in [6, 6.07) is 24.6. The molecule has 0 amide bonds. The van der Waals surface area contributed by atoms with Crippen molar-refractivity contribution in [3.8, 4) is 0 Å². The number of hydrogen-bond donors (Lipinski definition) is 0. The van der Waals surface area contributed by atoms with E-state index in [0.717, 1.165) is 15.1 Å². The van der Waals surface area contributed by atoms with Gasteiger partial charge in [-0.25, -0.2) is 0 Å². The van der Waals surface area contributed by atoms with E-state index in [1.54, 1.807) is 0 Å². The topological polar surface area (TPSA) is 9.23 Å². The fraction of sp³-hybridized carbons (Fsp3) is 0.130. The molecule has 3 aromatic carbocycles. The van der Waals surface area contributed by atoms with E-state index in [2.05, 4.69) is 36.4 Å². The zero-order valence-electron chi connectivity index (χ0n) is 16.1. The number of rotatable bonds is 9. The molecule has 0 aliphatic rings. The molecule has 0 bridgehead atoms. The van der Waals surface area contributed by atoms with Crippen molar-refractivity contribution in [2.24, 2.45) is 0 Å². The number of ether oxygens (including phenoxy) is 1. The predicted molar refractivity (Wildman–Crippen MR) is 134 cm³/mol. The fourth-order valence-corrected chi connectivity index (χ4v) is 11.6. The van der Waals surface area contributed by atoms with Crippen LogP contribution in [0.25, 0.3) is 0 Å². The Labute approximate surface area is 212 Å². The van der Waals surface area contributed by atoms with Crippen LogP contribution in [-0.2, 0) is 4.74 Å². The molecule has 0 saturated heterocycles. The Morgan fingerprint density at radius 2 is 1.00 bits per heavy atom. The Bertz CT molecular complexity index is 923. The van der Waals surface area contributed by atoms with Crippen molar-refractivity contribution in [3.63, 3.8) is 0 Å². The molecule has 0 aliphatic heterocycles. The van der Waals surface area contributed by atoms with Gasteiger partial charge in [-0.1, -0.05) is 0 Å². The molecule has 3 aromatic rings. The monoisotopic (exact) mass is 656 g/mol. The van der Waals surface area contributed by atoms with Crippen molar-refractivity contribution < 1.29 is 4.74 Å². The van der Waals surface area contributed by atoms with Crippen LogP contribution in [-0.4, -0.2) is 58.1 Å². The quantitative estimate of drug-likeness (QED) is 0.314. The van der Waals surface area contributed by atoms with Crippen LogP contribution >= 0.6 is 34.8 Å². The molecule has 0 N–H and O–H groups in total. The maximum atomic E-state index is 6.10. The summed E-state index contributed by atoms with van der Waals surface area (Å²) in [7, 11) is 0. The second kappa shape index (κ2) is 12.7. The zero-order chi connectivity index (χ0) is 21.3. The van der Waals surface area contributed by atoms with Crippen molar-refractivity contribution in [3.05, 3.63) is 95.7 Å². The van der Waals surface area contributed by atoms with Gasteiger partial charge in [-0.2, -0.15) is 0 Å². The molecule has 0 saturated carbocycles. The normalized spacial score (nSPS) is 10.8. The Balaban J connectivity index is 1.96. The first-order chi connectivity index (χ1) is 14.5. The number of halogens is 3. The first kappa shape index (κ1) is 24.4. The average molecular weight is 655 g/mol. The van der Waals surface area contributed by atoms with Gasteiger partial charge < -0.3 is 0 Å². The molecule has 0 atom stereocenters. The van der Waals surface area contributed by atoms with Crippen LogP contribution in [0.2, 0.25) is 15.1 Å². The first-order valence-corrected chi connectivity index (χ1v) is 15.4. The van der Waals surface area contributed by atoms with Crippen LogP contribution in [0, 0.1) is 0 Å². The van der Waals surface area contributed by atoms with Crippen molar-refractivity contribution in [2.75, 3.05) is 13.2 Å². The summed E-state index contributed by atoms with van der Waals surface area (Å²) in [5.74, 6) is 0. The minimum atomic E-state index is 0.178. The van der Waals surface area contributed by atoms with E-state index in [9.17, 15) is 0 Å². The van der Waals surface area contributed by atoms with Gasteiger partial charge in [-0.15, -0.1) is 0 Å². The van der Waals surface area contributed by atoms with E-state index in [0.29, 0.717) is 13.2 Å². The molecule has 0 unspecified atom stereocenters. The van der Waals surface area contributed by atoms with Gasteiger partial charge in [0.05, 0.1) is 0 Å². The zero-order valence-corrected chi connectivity index (χ0v) is 23.5. The van der Waals surface area contributed by atoms with Crippen LogP contribution < -0.4 is 13.4 Å². The second-order valence-electron chi connectivity index (χ2n) is 6.02. The van der Waals surface area contributed by atoms with E-state index in [-0.39, 0.29) is 44.9 Å². The fourth-order valence-electron chi connectivity index (χ4n) is 2.32. The van der Waals surface area contributed by atoms with Crippen LogP contribution in [0.5, 0.6) is 0 Å². The molecule has 30 heavy (non-hydrogen) atoms. The molecule has 1 nitrogen and oxygen atoms in total. The molecular weight excluding hydrogens is 635 g/mol.